The average Bonchev–Trinajstić information content (AvgIpc) is 2.29. The SMILES string of the molecule is C=CCSCCNC1CCCCC1CN. The summed E-state index contributed by atoms with van der Waals surface area (Å²) in [5.41, 5.74) is 5.79. The van der Waals surface area contributed by atoms with Gasteiger partial charge >= 0.3 is 0 Å². The molecule has 1 aliphatic rings. The molecule has 0 aromatic rings. The Hall–Kier alpha value is 0.01000. The first-order valence-corrected chi connectivity index (χ1v) is 7.16. The molecule has 2 unspecified atom stereocenters. The maximum Gasteiger partial charge on any atom is 0.0111 e. The molecule has 0 aromatic carbocycles. The summed E-state index contributed by atoms with van der Waals surface area (Å²) in [6, 6.07) is 0.674. The summed E-state index contributed by atoms with van der Waals surface area (Å²) >= 11 is 1.94. The van der Waals surface area contributed by atoms with Gasteiger partial charge in [0, 0.05) is 24.1 Å². The molecule has 1 aliphatic carbocycles. The van der Waals surface area contributed by atoms with Gasteiger partial charge in [-0.05, 0) is 25.3 Å². The Labute approximate surface area is 98.1 Å². The van der Waals surface area contributed by atoms with E-state index in [0.717, 1.165) is 18.8 Å². The Bertz CT molecular complexity index is 173. The Balaban J connectivity index is 2.09. The van der Waals surface area contributed by atoms with Crippen molar-refractivity contribution in [2.45, 2.75) is 31.7 Å². The van der Waals surface area contributed by atoms with Gasteiger partial charge in [-0.2, -0.15) is 11.8 Å². The molecule has 1 saturated carbocycles. The molecule has 2 nitrogen and oxygen atoms in total. The zero-order valence-electron chi connectivity index (χ0n) is 9.58. The van der Waals surface area contributed by atoms with Crippen molar-refractivity contribution in [3.05, 3.63) is 12.7 Å². The van der Waals surface area contributed by atoms with Gasteiger partial charge in [0.15, 0.2) is 0 Å². The molecule has 0 aliphatic heterocycles. The first kappa shape index (κ1) is 13.1. The van der Waals surface area contributed by atoms with E-state index in [9.17, 15) is 0 Å². The highest BCUT2D eigenvalue weighted by Gasteiger charge is 2.22. The van der Waals surface area contributed by atoms with E-state index >= 15 is 0 Å². The summed E-state index contributed by atoms with van der Waals surface area (Å²) in [7, 11) is 0. The third-order valence-corrected chi connectivity index (χ3v) is 4.06. The molecule has 0 radical (unpaired) electrons. The minimum Gasteiger partial charge on any atom is -0.330 e. The van der Waals surface area contributed by atoms with Crippen LogP contribution in [-0.4, -0.2) is 30.6 Å². The lowest BCUT2D eigenvalue weighted by molar-refractivity contribution is 0.272. The Kier molecular flexibility index (Phi) is 7.14. The van der Waals surface area contributed by atoms with E-state index in [2.05, 4.69) is 11.9 Å². The second kappa shape index (κ2) is 8.20. The maximum atomic E-state index is 5.79. The Morgan fingerprint density at radius 3 is 2.93 bits per heavy atom. The lowest BCUT2D eigenvalue weighted by Crippen LogP contribution is -2.42. The predicted octanol–water partition coefficient (Wildman–Crippen LogP) is 2.01. The molecule has 15 heavy (non-hydrogen) atoms. The van der Waals surface area contributed by atoms with Gasteiger partial charge in [0.2, 0.25) is 0 Å². The van der Waals surface area contributed by atoms with Crippen molar-refractivity contribution < 1.29 is 0 Å². The lowest BCUT2D eigenvalue weighted by atomic mass is 9.84. The molecule has 1 fully saturated rings. The molecule has 0 heterocycles. The van der Waals surface area contributed by atoms with Crippen molar-refractivity contribution in [2.75, 3.05) is 24.6 Å². The predicted molar refractivity (Wildman–Crippen MR) is 70.3 cm³/mol. The first-order chi connectivity index (χ1) is 7.38. The van der Waals surface area contributed by atoms with Crippen molar-refractivity contribution >= 4 is 11.8 Å². The van der Waals surface area contributed by atoms with Crippen LogP contribution in [0.1, 0.15) is 25.7 Å². The summed E-state index contributed by atoms with van der Waals surface area (Å²) in [6.07, 6.45) is 7.33. The normalized spacial score (nSPS) is 26.5. The second-order valence-electron chi connectivity index (χ2n) is 4.20. The molecule has 0 aromatic heterocycles. The topological polar surface area (TPSA) is 38.0 Å². The van der Waals surface area contributed by atoms with E-state index in [0.29, 0.717) is 12.0 Å². The monoisotopic (exact) mass is 228 g/mol. The Morgan fingerprint density at radius 2 is 2.20 bits per heavy atom. The van der Waals surface area contributed by atoms with Crippen molar-refractivity contribution in [2.24, 2.45) is 11.7 Å². The molecule has 88 valence electrons. The van der Waals surface area contributed by atoms with Crippen LogP contribution >= 0.6 is 11.8 Å². The van der Waals surface area contributed by atoms with Crippen molar-refractivity contribution in [1.29, 1.82) is 0 Å². The number of hydrogen-bond acceptors (Lipinski definition) is 3. The van der Waals surface area contributed by atoms with Crippen LogP contribution in [0.15, 0.2) is 12.7 Å². The molecule has 0 amide bonds. The quantitative estimate of drug-likeness (QED) is 0.517. The summed E-state index contributed by atoms with van der Waals surface area (Å²) in [6.45, 7) is 5.67. The minimum atomic E-state index is 0.674. The molecule has 1 rings (SSSR count). The highest BCUT2D eigenvalue weighted by Crippen LogP contribution is 2.23. The molecule has 2 atom stereocenters. The summed E-state index contributed by atoms with van der Waals surface area (Å²) in [4.78, 5) is 0. The summed E-state index contributed by atoms with van der Waals surface area (Å²) in [5.74, 6) is 2.95. The van der Waals surface area contributed by atoms with Crippen LogP contribution in [0.4, 0.5) is 0 Å². The van der Waals surface area contributed by atoms with Crippen molar-refractivity contribution in [3.8, 4) is 0 Å². The zero-order chi connectivity index (χ0) is 10.9. The third kappa shape index (κ3) is 5.05. The maximum absolute atomic E-state index is 5.79. The number of nitrogens with two attached hydrogens (primary N) is 1. The van der Waals surface area contributed by atoms with E-state index in [1.165, 1.54) is 31.4 Å². The lowest BCUT2D eigenvalue weighted by Gasteiger charge is -2.31. The molecule has 3 heteroatoms. The van der Waals surface area contributed by atoms with Crippen LogP contribution in [-0.2, 0) is 0 Å². The van der Waals surface area contributed by atoms with Crippen molar-refractivity contribution in [1.82, 2.24) is 5.32 Å². The van der Waals surface area contributed by atoms with Crippen LogP contribution in [0, 0.1) is 5.92 Å². The van der Waals surface area contributed by atoms with Crippen LogP contribution < -0.4 is 11.1 Å². The number of hydrogen-bond donors (Lipinski definition) is 2. The van der Waals surface area contributed by atoms with Crippen molar-refractivity contribution in [3.63, 3.8) is 0 Å². The molecule has 0 spiro atoms. The first-order valence-electron chi connectivity index (χ1n) is 6.00. The standard InChI is InChI=1S/C12H24N2S/c1-2-8-15-9-7-14-12-6-4-3-5-11(12)10-13/h2,11-12,14H,1,3-10,13H2. The van der Waals surface area contributed by atoms with E-state index in [1.807, 2.05) is 17.8 Å². The smallest absolute Gasteiger partial charge is 0.0111 e. The van der Waals surface area contributed by atoms with Gasteiger partial charge in [-0.1, -0.05) is 18.9 Å². The summed E-state index contributed by atoms with van der Waals surface area (Å²) < 4.78 is 0. The van der Waals surface area contributed by atoms with Gasteiger partial charge in [0.05, 0.1) is 0 Å². The van der Waals surface area contributed by atoms with Crippen LogP contribution in [0.3, 0.4) is 0 Å². The highest BCUT2D eigenvalue weighted by molar-refractivity contribution is 7.99. The van der Waals surface area contributed by atoms with Gasteiger partial charge < -0.3 is 11.1 Å². The number of nitrogens with one attached hydrogen (secondary N) is 1. The van der Waals surface area contributed by atoms with Gasteiger partial charge in [-0.15, -0.1) is 6.58 Å². The minimum absolute atomic E-state index is 0.674. The molecule has 0 saturated heterocycles. The molecule has 0 bridgehead atoms. The van der Waals surface area contributed by atoms with E-state index in [4.69, 9.17) is 5.73 Å². The fourth-order valence-corrected chi connectivity index (χ4v) is 2.84. The van der Waals surface area contributed by atoms with E-state index in [1.54, 1.807) is 0 Å². The average molecular weight is 228 g/mol. The van der Waals surface area contributed by atoms with Crippen LogP contribution in [0.25, 0.3) is 0 Å². The molecule has 3 N–H and O–H groups in total. The summed E-state index contributed by atoms with van der Waals surface area (Å²) in [5, 5.41) is 3.65. The Morgan fingerprint density at radius 1 is 1.40 bits per heavy atom. The fourth-order valence-electron chi connectivity index (χ4n) is 2.24. The van der Waals surface area contributed by atoms with Gasteiger partial charge in [0.1, 0.15) is 0 Å². The second-order valence-corrected chi connectivity index (χ2v) is 5.35. The molecular weight excluding hydrogens is 204 g/mol. The van der Waals surface area contributed by atoms with Crippen LogP contribution in [0.2, 0.25) is 0 Å². The largest absolute Gasteiger partial charge is 0.330 e. The van der Waals surface area contributed by atoms with Gasteiger partial charge in [-0.25, -0.2) is 0 Å². The molecular formula is C12H24N2S. The van der Waals surface area contributed by atoms with Gasteiger partial charge in [-0.3, -0.25) is 0 Å². The number of thioether (sulfide) groups is 1. The van der Waals surface area contributed by atoms with Gasteiger partial charge in [0.25, 0.3) is 0 Å². The van der Waals surface area contributed by atoms with E-state index < -0.39 is 0 Å². The third-order valence-electron chi connectivity index (χ3n) is 3.10. The number of rotatable bonds is 7. The fraction of sp³-hybridized carbons (Fsp3) is 0.833. The highest BCUT2D eigenvalue weighted by atomic mass is 32.2. The zero-order valence-corrected chi connectivity index (χ0v) is 10.4. The van der Waals surface area contributed by atoms with E-state index in [-0.39, 0.29) is 0 Å². The van der Waals surface area contributed by atoms with Crippen LogP contribution in [0.5, 0.6) is 0 Å².